The summed E-state index contributed by atoms with van der Waals surface area (Å²) in [5.41, 5.74) is 0.451. The quantitative estimate of drug-likeness (QED) is 0.723. The minimum atomic E-state index is -4.39. The molecule has 0 unspecified atom stereocenters. The second-order valence-corrected chi connectivity index (χ2v) is 4.80. The molecule has 0 spiro atoms. The average Bonchev–Trinajstić information content (AvgIpc) is 2.38. The second-order valence-electron chi connectivity index (χ2n) is 3.88. The molecule has 0 N–H and O–H groups in total. The predicted octanol–water partition coefficient (Wildman–Crippen LogP) is 5.01. The Kier molecular flexibility index (Phi) is 3.63. The Balaban J connectivity index is 2.60. The zero-order chi connectivity index (χ0) is 14.0. The van der Waals surface area contributed by atoms with Crippen LogP contribution in [0.4, 0.5) is 13.2 Å². The van der Waals surface area contributed by atoms with E-state index in [0.29, 0.717) is 21.2 Å². The van der Waals surface area contributed by atoms with Gasteiger partial charge in [0.25, 0.3) is 0 Å². The molecular weight excluding hydrogens is 319 g/mol. The van der Waals surface area contributed by atoms with E-state index in [1.54, 1.807) is 24.3 Å². The number of nitriles is 1. The third-order valence-corrected chi connectivity index (χ3v) is 3.10. The summed E-state index contributed by atoms with van der Waals surface area (Å²) >= 11 is 3.25. The molecule has 0 bridgehead atoms. The number of benzene rings is 2. The maximum absolute atomic E-state index is 12.7. The third kappa shape index (κ3) is 2.96. The molecule has 96 valence electrons. The SMILES string of the molecule is N#Cc1ccc(Br)cc1-c1cccc(C(F)(F)F)c1. The van der Waals surface area contributed by atoms with Gasteiger partial charge in [0.2, 0.25) is 0 Å². The van der Waals surface area contributed by atoms with E-state index >= 15 is 0 Å². The van der Waals surface area contributed by atoms with Gasteiger partial charge in [0.1, 0.15) is 0 Å². The van der Waals surface area contributed by atoms with E-state index in [2.05, 4.69) is 15.9 Å². The maximum atomic E-state index is 12.7. The standard InChI is InChI=1S/C14H7BrF3N/c15-12-5-4-10(8-19)13(7-12)9-2-1-3-11(6-9)14(16,17)18/h1-7H. The van der Waals surface area contributed by atoms with Gasteiger partial charge in [-0.3, -0.25) is 0 Å². The number of alkyl halides is 3. The first-order valence-corrected chi connectivity index (χ1v) is 6.08. The summed E-state index contributed by atoms with van der Waals surface area (Å²) in [7, 11) is 0. The summed E-state index contributed by atoms with van der Waals surface area (Å²) in [6.07, 6.45) is -4.39. The van der Waals surface area contributed by atoms with Gasteiger partial charge in [0.05, 0.1) is 17.2 Å². The monoisotopic (exact) mass is 325 g/mol. The van der Waals surface area contributed by atoms with Gasteiger partial charge in [-0.2, -0.15) is 18.4 Å². The van der Waals surface area contributed by atoms with Crippen LogP contribution in [0.1, 0.15) is 11.1 Å². The number of nitrogens with zero attached hydrogens (tertiary/aromatic N) is 1. The fraction of sp³-hybridized carbons (Fsp3) is 0.0714. The van der Waals surface area contributed by atoms with Gasteiger partial charge in [0.15, 0.2) is 0 Å². The van der Waals surface area contributed by atoms with E-state index in [9.17, 15) is 13.2 Å². The fourth-order valence-corrected chi connectivity index (χ4v) is 2.08. The Morgan fingerprint density at radius 2 is 1.79 bits per heavy atom. The van der Waals surface area contributed by atoms with E-state index < -0.39 is 11.7 Å². The lowest BCUT2D eigenvalue weighted by atomic mass is 9.98. The lowest BCUT2D eigenvalue weighted by Gasteiger charge is -2.10. The van der Waals surface area contributed by atoms with Crippen LogP contribution in [0.5, 0.6) is 0 Å². The topological polar surface area (TPSA) is 23.8 Å². The molecule has 0 amide bonds. The zero-order valence-corrected chi connectivity index (χ0v) is 11.1. The molecule has 0 atom stereocenters. The van der Waals surface area contributed by atoms with E-state index in [4.69, 9.17) is 5.26 Å². The highest BCUT2D eigenvalue weighted by Crippen LogP contribution is 2.33. The van der Waals surface area contributed by atoms with Crippen LogP contribution in [-0.2, 0) is 6.18 Å². The Morgan fingerprint density at radius 1 is 1.05 bits per heavy atom. The molecule has 0 aliphatic heterocycles. The van der Waals surface area contributed by atoms with Crippen LogP contribution < -0.4 is 0 Å². The summed E-state index contributed by atoms with van der Waals surface area (Å²) in [6, 6.07) is 11.8. The van der Waals surface area contributed by atoms with Crippen LogP contribution in [0.3, 0.4) is 0 Å². The highest BCUT2D eigenvalue weighted by molar-refractivity contribution is 9.10. The summed E-state index contributed by atoms with van der Waals surface area (Å²) in [4.78, 5) is 0. The van der Waals surface area contributed by atoms with Gasteiger partial charge in [0, 0.05) is 10.0 Å². The summed E-state index contributed by atoms with van der Waals surface area (Å²) in [6.45, 7) is 0. The van der Waals surface area contributed by atoms with Crippen molar-refractivity contribution < 1.29 is 13.2 Å². The van der Waals surface area contributed by atoms with Crippen molar-refractivity contribution in [2.24, 2.45) is 0 Å². The number of hydrogen-bond acceptors (Lipinski definition) is 1. The molecular formula is C14H7BrF3N. The molecule has 5 heteroatoms. The average molecular weight is 326 g/mol. The molecule has 0 heterocycles. The molecule has 2 aromatic carbocycles. The molecule has 1 nitrogen and oxygen atoms in total. The van der Waals surface area contributed by atoms with Gasteiger partial charge in [-0.05, 0) is 35.9 Å². The zero-order valence-electron chi connectivity index (χ0n) is 9.50. The van der Waals surface area contributed by atoms with Gasteiger partial charge in [-0.15, -0.1) is 0 Å². The molecule has 19 heavy (non-hydrogen) atoms. The van der Waals surface area contributed by atoms with E-state index in [1.165, 1.54) is 6.07 Å². The highest BCUT2D eigenvalue weighted by Gasteiger charge is 2.30. The van der Waals surface area contributed by atoms with Crippen LogP contribution in [0.15, 0.2) is 46.9 Å². The summed E-state index contributed by atoms with van der Waals surface area (Å²) < 4.78 is 38.7. The highest BCUT2D eigenvalue weighted by atomic mass is 79.9. The second kappa shape index (κ2) is 5.06. The van der Waals surface area contributed by atoms with E-state index in [-0.39, 0.29) is 0 Å². The van der Waals surface area contributed by atoms with Crippen molar-refractivity contribution in [1.82, 2.24) is 0 Å². The number of hydrogen-bond donors (Lipinski definition) is 0. The molecule has 2 rings (SSSR count). The smallest absolute Gasteiger partial charge is 0.192 e. The van der Waals surface area contributed by atoms with E-state index in [1.807, 2.05) is 6.07 Å². The molecule has 0 aliphatic rings. The van der Waals surface area contributed by atoms with Crippen LogP contribution >= 0.6 is 15.9 Å². The van der Waals surface area contributed by atoms with Crippen molar-refractivity contribution in [3.05, 3.63) is 58.1 Å². The predicted molar refractivity (Wildman–Crippen MR) is 69.3 cm³/mol. The molecule has 0 fully saturated rings. The van der Waals surface area contributed by atoms with Gasteiger partial charge >= 0.3 is 6.18 Å². The van der Waals surface area contributed by atoms with Gasteiger partial charge in [-0.1, -0.05) is 28.1 Å². The first-order valence-electron chi connectivity index (χ1n) is 5.29. The van der Waals surface area contributed by atoms with Crippen LogP contribution in [0.2, 0.25) is 0 Å². The first kappa shape index (κ1) is 13.6. The van der Waals surface area contributed by atoms with Crippen LogP contribution in [0, 0.1) is 11.3 Å². The van der Waals surface area contributed by atoms with Crippen molar-refractivity contribution >= 4 is 15.9 Å². The molecule has 0 aliphatic carbocycles. The maximum Gasteiger partial charge on any atom is 0.416 e. The normalized spacial score (nSPS) is 11.1. The van der Waals surface area contributed by atoms with E-state index in [0.717, 1.165) is 12.1 Å². The molecule has 0 aromatic heterocycles. The number of halogens is 4. The molecule has 0 saturated carbocycles. The molecule has 0 saturated heterocycles. The van der Waals surface area contributed by atoms with Gasteiger partial charge in [-0.25, -0.2) is 0 Å². The fourth-order valence-electron chi connectivity index (χ4n) is 1.72. The Labute approximate surface area is 116 Å². The lowest BCUT2D eigenvalue weighted by molar-refractivity contribution is -0.137. The Morgan fingerprint density at radius 3 is 2.42 bits per heavy atom. The van der Waals surface area contributed by atoms with Crippen molar-refractivity contribution in [2.75, 3.05) is 0 Å². The molecule has 2 aromatic rings. The van der Waals surface area contributed by atoms with Crippen LogP contribution in [-0.4, -0.2) is 0 Å². The molecule has 0 radical (unpaired) electrons. The third-order valence-electron chi connectivity index (χ3n) is 2.60. The largest absolute Gasteiger partial charge is 0.416 e. The van der Waals surface area contributed by atoms with Crippen molar-refractivity contribution in [2.45, 2.75) is 6.18 Å². The van der Waals surface area contributed by atoms with Crippen LogP contribution in [0.25, 0.3) is 11.1 Å². The summed E-state index contributed by atoms with van der Waals surface area (Å²) in [5, 5.41) is 9.01. The summed E-state index contributed by atoms with van der Waals surface area (Å²) in [5.74, 6) is 0. The van der Waals surface area contributed by atoms with Gasteiger partial charge < -0.3 is 0 Å². The minimum absolute atomic E-state index is 0.336. The van der Waals surface area contributed by atoms with Crippen molar-refractivity contribution in [1.29, 1.82) is 5.26 Å². The first-order chi connectivity index (χ1) is 8.91. The number of rotatable bonds is 1. The Hall–Kier alpha value is -1.80. The van der Waals surface area contributed by atoms with Crippen molar-refractivity contribution in [3.63, 3.8) is 0 Å². The lowest BCUT2D eigenvalue weighted by Crippen LogP contribution is -2.04. The minimum Gasteiger partial charge on any atom is -0.192 e. The van der Waals surface area contributed by atoms with Crippen molar-refractivity contribution in [3.8, 4) is 17.2 Å². The Bertz CT molecular complexity index is 656.